The first-order valence-corrected chi connectivity index (χ1v) is 8.33. The minimum atomic E-state index is -0.166. The zero-order valence-corrected chi connectivity index (χ0v) is 12.8. The first-order chi connectivity index (χ1) is 9.63. The van der Waals surface area contributed by atoms with Crippen molar-refractivity contribution in [1.82, 2.24) is 10.6 Å². The number of hydrogen-bond donors (Lipinski definition) is 3. The van der Waals surface area contributed by atoms with Crippen LogP contribution in [0.15, 0.2) is 0 Å². The molecule has 2 atom stereocenters. The fourth-order valence-electron chi connectivity index (χ4n) is 3.80. The van der Waals surface area contributed by atoms with Gasteiger partial charge < -0.3 is 15.7 Å². The Morgan fingerprint density at radius 3 is 2.60 bits per heavy atom. The van der Waals surface area contributed by atoms with Crippen LogP contribution in [0, 0.1) is 11.3 Å². The number of aliphatic hydroxyl groups is 1. The molecule has 2 unspecified atom stereocenters. The van der Waals surface area contributed by atoms with E-state index in [0.717, 1.165) is 38.6 Å². The van der Waals surface area contributed by atoms with E-state index >= 15 is 0 Å². The quantitative estimate of drug-likeness (QED) is 0.726. The van der Waals surface area contributed by atoms with Gasteiger partial charge in [-0.05, 0) is 49.9 Å². The van der Waals surface area contributed by atoms with Gasteiger partial charge in [-0.2, -0.15) is 0 Å². The third-order valence-electron chi connectivity index (χ3n) is 5.34. The Morgan fingerprint density at radius 2 is 1.95 bits per heavy atom. The fourth-order valence-corrected chi connectivity index (χ4v) is 3.80. The molecule has 0 radical (unpaired) electrons. The second kappa shape index (κ2) is 7.30. The highest BCUT2D eigenvalue weighted by molar-refractivity contribution is 5.73. The zero-order chi connectivity index (χ0) is 14.4. The van der Waals surface area contributed by atoms with Gasteiger partial charge in [-0.15, -0.1) is 0 Å². The molecular weight excluding hydrogens is 252 g/mol. The lowest BCUT2D eigenvalue weighted by molar-refractivity contribution is 0.101. The summed E-state index contributed by atoms with van der Waals surface area (Å²) in [5, 5.41) is 15.7. The molecule has 2 amide bonds. The molecule has 0 aromatic rings. The van der Waals surface area contributed by atoms with Crippen LogP contribution in [0.2, 0.25) is 0 Å². The van der Waals surface area contributed by atoms with Crippen LogP contribution in [0.25, 0.3) is 0 Å². The van der Waals surface area contributed by atoms with Crippen LogP contribution in [0.3, 0.4) is 0 Å². The van der Waals surface area contributed by atoms with Gasteiger partial charge in [0.2, 0.25) is 0 Å². The molecule has 2 saturated carbocycles. The van der Waals surface area contributed by atoms with E-state index < -0.39 is 0 Å². The van der Waals surface area contributed by atoms with E-state index in [-0.39, 0.29) is 12.1 Å². The molecule has 2 aliphatic carbocycles. The summed E-state index contributed by atoms with van der Waals surface area (Å²) in [4.78, 5) is 11.9. The van der Waals surface area contributed by atoms with E-state index in [1.165, 1.54) is 25.7 Å². The van der Waals surface area contributed by atoms with E-state index in [1.807, 2.05) is 0 Å². The minimum Gasteiger partial charge on any atom is -0.393 e. The van der Waals surface area contributed by atoms with Crippen molar-refractivity contribution in [3.05, 3.63) is 0 Å². The fraction of sp³-hybridized carbons (Fsp3) is 0.938. The van der Waals surface area contributed by atoms with Gasteiger partial charge in [0.15, 0.2) is 0 Å². The maximum Gasteiger partial charge on any atom is 0.314 e. The lowest BCUT2D eigenvalue weighted by Crippen LogP contribution is -2.43. The molecular formula is C16H30N2O2. The molecule has 4 nitrogen and oxygen atoms in total. The van der Waals surface area contributed by atoms with Crippen molar-refractivity contribution in [2.75, 3.05) is 13.1 Å². The predicted molar refractivity (Wildman–Crippen MR) is 80.6 cm³/mol. The Morgan fingerprint density at radius 1 is 1.20 bits per heavy atom. The number of urea groups is 1. The Kier molecular flexibility index (Phi) is 5.70. The summed E-state index contributed by atoms with van der Waals surface area (Å²) < 4.78 is 0. The summed E-state index contributed by atoms with van der Waals surface area (Å²) in [7, 11) is 0. The molecule has 2 aliphatic rings. The summed E-state index contributed by atoms with van der Waals surface area (Å²) in [6.45, 7) is 3.74. The molecule has 20 heavy (non-hydrogen) atoms. The van der Waals surface area contributed by atoms with E-state index in [4.69, 9.17) is 0 Å². The van der Waals surface area contributed by atoms with Crippen molar-refractivity contribution in [3.63, 3.8) is 0 Å². The standard InChI is InChI=1S/C16H30N2O2/c1-2-16(8-3-4-9-16)12-18-15(20)17-11-13-6-5-7-14(19)10-13/h13-14,19H,2-12H2,1H3,(H2,17,18,20). The molecule has 116 valence electrons. The van der Waals surface area contributed by atoms with E-state index in [2.05, 4.69) is 17.6 Å². The SMILES string of the molecule is CCC1(CNC(=O)NCC2CCCC(O)C2)CCCC1. The van der Waals surface area contributed by atoms with Gasteiger partial charge in [0.25, 0.3) is 0 Å². The molecule has 0 bridgehead atoms. The first kappa shape index (κ1) is 15.6. The van der Waals surface area contributed by atoms with Crippen molar-refractivity contribution in [1.29, 1.82) is 0 Å². The minimum absolute atomic E-state index is 0.0372. The Balaban J connectivity index is 1.65. The summed E-state index contributed by atoms with van der Waals surface area (Å²) in [6.07, 6.45) is 10.0. The summed E-state index contributed by atoms with van der Waals surface area (Å²) in [5.41, 5.74) is 0.346. The van der Waals surface area contributed by atoms with Crippen molar-refractivity contribution in [3.8, 4) is 0 Å². The topological polar surface area (TPSA) is 61.4 Å². The van der Waals surface area contributed by atoms with Crippen LogP contribution in [0.4, 0.5) is 4.79 Å². The smallest absolute Gasteiger partial charge is 0.314 e. The first-order valence-electron chi connectivity index (χ1n) is 8.33. The van der Waals surface area contributed by atoms with E-state index in [9.17, 15) is 9.90 Å². The molecule has 2 fully saturated rings. The maximum absolute atomic E-state index is 11.9. The molecule has 0 heterocycles. The van der Waals surface area contributed by atoms with Gasteiger partial charge in [0.05, 0.1) is 6.10 Å². The van der Waals surface area contributed by atoms with Crippen LogP contribution in [-0.2, 0) is 0 Å². The Bertz CT molecular complexity index is 314. The van der Waals surface area contributed by atoms with Crippen LogP contribution in [0.5, 0.6) is 0 Å². The monoisotopic (exact) mass is 282 g/mol. The normalized spacial score (nSPS) is 29.1. The number of rotatable bonds is 5. The van der Waals surface area contributed by atoms with Crippen LogP contribution in [-0.4, -0.2) is 30.3 Å². The lowest BCUT2D eigenvalue weighted by atomic mass is 9.83. The predicted octanol–water partition coefficient (Wildman–Crippen LogP) is 2.81. The molecule has 0 aromatic heterocycles. The second-order valence-corrected chi connectivity index (χ2v) is 6.81. The van der Waals surface area contributed by atoms with Gasteiger partial charge in [0.1, 0.15) is 0 Å². The molecule has 3 N–H and O–H groups in total. The van der Waals surface area contributed by atoms with Crippen molar-refractivity contribution < 1.29 is 9.90 Å². The van der Waals surface area contributed by atoms with Gasteiger partial charge >= 0.3 is 6.03 Å². The third-order valence-corrected chi connectivity index (χ3v) is 5.34. The Hall–Kier alpha value is -0.770. The Labute approximate surface area is 122 Å². The summed E-state index contributed by atoms with van der Waals surface area (Å²) >= 11 is 0. The van der Waals surface area contributed by atoms with Crippen molar-refractivity contribution >= 4 is 6.03 Å². The highest BCUT2D eigenvalue weighted by Crippen LogP contribution is 2.40. The van der Waals surface area contributed by atoms with Gasteiger partial charge in [-0.3, -0.25) is 0 Å². The lowest BCUT2D eigenvalue weighted by Gasteiger charge is -2.28. The van der Waals surface area contributed by atoms with Crippen LogP contribution >= 0.6 is 0 Å². The number of nitrogens with one attached hydrogen (secondary N) is 2. The number of aliphatic hydroxyl groups excluding tert-OH is 1. The van der Waals surface area contributed by atoms with E-state index in [1.54, 1.807) is 0 Å². The zero-order valence-electron chi connectivity index (χ0n) is 12.8. The molecule has 0 aliphatic heterocycles. The van der Waals surface area contributed by atoms with Gasteiger partial charge in [-0.1, -0.05) is 26.2 Å². The van der Waals surface area contributed by atoms with Crippen molar-refractivity contribution in [2.45, 2.75) is 70.8 Å². The number of carbonyl (C=O) groups excluding carboxylic acids is 1. The third kappa shape index (κ3) is 4.37. The second-order valence-electron chi connectivity index (χ2n) is 6.81. The average molecular weight is 282 g/mol. The molecule has 2 rings (SSSR count). The maximum atomic E-state index is 11.9. The highest BCUT2D eigenvalue weighted by atomic mass is 16.3. The number of hydrogen-bond acceptors (Lipinski definition) is 2. The van der Waals surface area contributed by atoms with Gasteiger partial charge in [0, 0.05) is 13.1 Å². The summed E-state index contributed by atoms with van der Waals surface area (Å²) in [5.74, 6) is 0.441. The average Bonchev–Trinajstić information content (AvgIpc) is 2.92. The van der Waals surface area contributed by atoms with E-state index in [0.29, 0.717) is 17.9 Å². The molecule has 0 spiro atoms. The highest BCUT2D eigenvalue weighted by Gasteiger charge is 2.32. The molecule has 4 heteroatoms. The summed E-state index contributed by atoms with van der Waals surface area (Å²) in [6, 6.07) is -0.0372. The largest absolute Gasteiger partial charge is 0.393 e. The van der Waals surface area contributed by atoms with Crippen LogP contribution < -0.4 is 10.6 Å². The molecule has 0 aromatic carbocycles. The number of amides is 2. The van der Waals surface area contributed by atoms with Crippen LogP contribution in [0.1, 0.15) is 64.7 Å². The van der Waals surface area contributed by atoms with Gasteiger partial charge in [-0.25, -0.2) is 4.79 Å². The van der Waals surface area contributed by atoms with Crippen molar-refractivity contribution in [2.24, 2.45) is 11.3 Å². The number of carbonyl (C=O) groups is 1. The molecule has 0 saturated heterocycles.